The molecule has 0 unspecified atom stereocenters. The molecule has 0 saturated carbocycles. The van der Waals surface area contributed by atoms with Crippen molar-refractivity contribution < 1.29 is 17.9 Å². The number of thioether (sulfide) groups is 1. The summed E-state index contributed by atoms with van der Waals surface area (Å²) in [5, 5.41) is 0. The van der Waals surface area contributed by atoms with Gasteiger partial charge in [0.15, 0.2) is 0 Å². The van der Waals surface area contributed by atoms with Gasteiger partial charge in [0.2, 0.25) is 0 Å². The summed E-state index contributed by atoms with van der Waals surface area (Å²) in [6, 6.07) is 7.13. The molecule has 0 radical (unpaired) electrons. The van der Waals surface area contributed by atoms with E-state index >= 15 is 0 Å². The zero-order valence-corrected chi connectivity index (χ0v) is 9.44. The number of methoxy groups -OCH3 is 1. The summed E-state index contributed by atoms with van der Waals surface area (Å²) in [5.74, 6) is 0.603. The van der Waals surface area contributed by atoms with Crippen molar-refractivity contribution in [3.05, 3.63) is 35.9 Å². The van der Waals surface area contributed by atoms with Crippen molar-refractivity contribution in [2.24, 2.45) is 0 Å². The monoisotopic (exact) mass is 248 g/mol. The number of hydrogen-bond donors (Lipinski definition) is 0. The highest BCUT2D eigenvalue weighted by Crippen LogP contribution is 2.30. The standard InChI is InChI=1S/C11H11F3OS/c1-15-10-6-2-4-9(8-10)5-3-7-16-11(12,13)14/h2-6,8H,7H2,1H3/b5-3+. The van der Waals surface area contributed by atoms with Crippen molar-refractivity contribution in [3.8, 4) is 5.75 Å². The lowest BCUT2D eigenvalue weighted by molar-refractivity contribution is -0.0326. The fourth-order valence-electron chi connectivity index (χ4n) is 1.07. The predicted octanol–water partition coefficient (Wildman–Crippen LogP) is 3.96. The van der Waals surface area contributed by atoms with E-state index in [1.807, 2.05) is 0 Å². The normalized spacial score (nSPS) is 12.0. The lowest BCUT2D eigenvalue weighted by Crippen LogP contribution is -1.99. The van der Waals surface area contributed by atoms with Gasteiger partial charge in [-0.3, -0.25) is 0 Å². The second-order valence-electron chi connectivity index (χ2n) is 2.94. The number of alkyl halides is 3. The molecule has 0 atom stereocenters. The maximum atomic E-state index is 11.8. The molecule has 0 spiro atoms. The largest absolute Gasteiger partial charge is 0.497 e. The number of benzene rings is 1. The highest BCUT2D eigenvalue weighted by Gasteiger charge is 2.26. The van der Waals surface area contributed by atoms with E-state index in [2.05, 4.69) is 0 Å². The topological polar surface area (TPSA) is 9.23 Å². The van der Waals surface area contributed by atoms with Gasteiger partial charge in [0.05, 0.1) is 7.11 Å². The number of ether oxygens (including phenoxy) is 1. The van der Waals surface area contributed by atoms with E-state index in [0.717, 1.165) is 5.56 Å². The minimum absolute atomic E-state index is 0.0553. The van der Waals surface area contributed by atoms with E-state index in [1.165, 1.54) is 6.08 Å². The van der Waals surface area contributed by atoms with Gasteiger partial charge in [-0.25, -0.2) is 0 Å². The number of halogens is 3. The van der Waals surface area contributed by atoms with Gasteiger partial charge in [0, 0.05) is 5.75 Å². The van der Waals surface area contributed by atoms with E-state index in [9.17, 15) is 13.2 Å². The van der Waals surface area contributed by atoms with Crippen LogP contribution in [0.5, 0.6) is 5.75 Å². The van der Waals surface area contributed by atoms with Gasteiger partial charge in [-0.05, 0) is 29.5 Å². The lowest BCUT2D eigenvalue weighted by Gasteiger charge is -2.02. The second-order valence-corrected chi connectivity index (χ2v) is 4.02. The van der Waals surface area contributed by atoms with Gasteiger partial charge in [0.25, 0.3) is 0 Å². The predicted molar refractivity (Wildman–Crippen MR) is 60.5 cm³/mol. The third kappa shape index (κ3) is 5.11. The Balaban J connectivity index is 2.49. The van der Waals surface area contributed by atoms with Crippen molar-refractivity contribution in [2.75, 3.05) is 12.9 Å². The third-order valence-electron chi connectivity index (χ3n) is 1.75. The smallest absolute Gasteiger partial charge is 0.442 e. The number of hydrogen-bond acceptors (Lipinski definition) is 2. The van der Waals surface area contributed by atoms with Crippen LogP contribution in [-0.2, 0) is 0 Å². The zero-order chi connectivity index (χ0) is 12.0. The Morgan fingerprint density at radius 1 is 1.38 bits per heavy atom. The molecule has 0 aromatic heterocycles. The number of rotatable bonds is 4. The molecule has 1 nitrogen and oxygen atoms in total. The van der Waals surface area contributed by atoms with E-state index in [-0.39, 0.29) is 17.5 Å². The molecule has 0 bridgehead atoms. The van der Waals surface area contributed by atoms with E-state index in [0.29, 0.717) is 5.75 Å². The Morgan fingerprint density at radius 2 is 2.12 bits per heavy atom. The quantitative estimate of drug-likeness (QED) is 0.797. The Kier molecular flexibility index (Phi) is 4.73. The average molecular weight is 248 g/mol. The van der Waals surface area contributed by atoms with Gasteiger partial charge in [-0.2, -0.15) is 13.2 Å². The summed E-state index contributed by atoms with van der Waals surface area (Å²) in [4.78, 5) is 0. The zero-order valence-electron chi connectivity index (χ0n) is 8.62. The van der Waals surface area contributed by atoms with Crippen molar-refractivity contribution in [1.29, 1.82) is 0 Å². The molecule has 0 N–H and O–H groups in total. The fourth-order valence-corrected chi connectivity index (χ4v) is 1.45. The van der Waals surface area contributed by atoms with Crippen LogP contribution >= 0.6 is 11.8 Å². The van der Waals surface area contributed by atoms with Gasteiger partial charge < -0.3 is 4.74 Å². The third-order valence-corrected chi connectivity index (χ3v) is 2.43. The van der Waals surface area contributed by atoms with Crippen molar-refractivity contribution in [1.82, 2.24) is 0 Å². The Morgan fingerprint density at radius 3 is 2.75 bits per heavy atom. The summed E-state index contributed by atoms with van der Waals surface area (Å²) in [7, 11) is 1.54. The van der Waals surface area contributed by atoms with Crippen LogP contribution in [0.2, 0.25) is 0 Å². The van der Waals surface area contributed by atoms with Crippen LogP contribution < -0.4 is 4.74 Å². The summed E-state index contributed by atoms with van der Waals surface area (Å²) in [5.41, 5.74) is -3.35. The van der Waals surface area contributed by atoms with E-state index in [1.54, 1.807) is 37.5 Å². The first-order valence-electron chi connectivity index (χ1n) is 4.52. The van der Waals surface area contributed by atoms with Crippen LogP contribution in [0.25, 0.3) is 6.08 Å². The molecule has 0 aliphatic carbocycles. The van der Waals surface area contributed by atoms with Crippen molar-refractivity contribution in [2.45, 2.75) is 5.51 Å². The molecule has 0 aliphatic heterocycles. The van der Waals surface area contributed by atoms with Crippen molar-refractivity contribution in [3.63, 3.8) is 0 Å². The van der Waals surface area contributed by atoms with Gasteiger partial charge in [0.1, 0.15) is 5.75 Å². The molecule has 5 heteroatoms. The molecule has 0 saturated heterocycles. The summed E-state index contributed by atoms with van der Waals surface area (Å²) in [6.07, 6.45) is 3.12. The molecule has 0 fully saturated rings. The molecule has 0 aliphatic rings. The molecule has 1 rings (SSSR count). The van der Waals surface area contributed by atoms with E-state index < -0.39 is 5.51 Å². The molecule has 1 aromatic rings. The fraction of sp³-hybridized carbons (Fsp3) is 0.273. The first kappa shape index (κ1) is 13.0. The van der Waals surface area contributed by atoms with Gasteiger partial charge in [-0.1, -0.05) is 24.3 Å². The lowest BCUT2D eigenvalue weighted by atomic mass is 10.2. The molecule has 1 aromatic carbocycles. The van der Waals surface area contributed by atoms with Crippen molar-refractivity contribution >= 4 is 17.8 Å². The van der Waals surface area contributed by atoms with Crippen LogP contribution in [0, 0.1) is 0 Å². The summed E-state index contributed by atoms with van der Waals surface area (Å²) < 4.78 is 40.4. The van der Waals surface area contributed by atoms with Crippen LogP contribution in [0.4, 0.5) is 13.2 Å². The molecular weight excluding hydrogens is 237 g/mol. The summed E-state index contributed by atoms with van der Waals surface area (Å²) >= 11 is -0.0553. The first-order valence-corrected chi connectivity index (χ1v) is 5.51. The van der Waals surface area contributed by atoms with Gasteiger partial charge in [-0.15, -0.1) is 0 Å². The molecule has 16 heavy (non-hydrogen) atoms. The SMILES string of the molecule is COc1cccc(/C=C/CSC(F)(F)F)c1. The maximum absolute atomic E-state index is 11.8. The van der Waals surface area contributed by atoms with Crippen LogP contribution in [0.1, 0.15) is 5.56 Å². The maximum Gasteiger partial charge on any atom is 0.442 e. The average Bonchev–Trinajstić information content (AvgIpc) is 2.23. The molecular formula is C11H11F3OS. The van der Waals surface area contributed by atoms with Crippen LogP contribution in [-0.4, -0.2) is 18.4 Å². The first-order chi connectivity index (χ1) is 7.51. The van der Waals surface area contributed by atoms with Gasteiger partial charge >= 0.3 is 5.51 Å². The van der Waals surface area contributed by atoms with Crippen LogP contribution in [0.15, 0.2) is 30.3 Å². The Bertz CT molecular complexity index is 360. The highest BCUT2D eigenvalue weighted by molar-refractivity contribution is 8.00. The highest BCUT2D eigenvalue weighted by atomic mass is 32.2. The Labute approximate surface area is 96.3 Å². The molecule has 0 amide bonds. The summed E-state index contributed by atoms with van der Waals surface area (Å²) in [6.45, 7) is 0. The molecule has 0 heterocycles. The minimum Gasteiger partial charge on any atom is -0.497 e. The minimum atomic E-state index is -4.17. The second kappa shape index (κ2) is 5.84. The molecule has 88 valence electrons. The van der Waals surface area contributed by atoms with E-state index in [4.69, 9.17) is 4.74 Å². The Hall–Kier alpha value is -1.10. The van der Waals surface area contributed by atoms with Crippen LogP contribution in [0.3, 0.4) is 0 Å².